The molecule has 1 aromatic carbocycles. The number of nitrogens with one attached hydrogen (secondary N) is 1. The molecule has 1 N–H and O–H groups in total. The average Bonchev–Trinajstić information content (AvgIpc) is 2.33. The van der Waals surface area contributed by atoms with E-state index in [2.05, 4.69) is 18.3 Å². The number of hydrogen-bond acceptors (Lipinski definition) is 2. The number of rotatable bonds is 3. The van der Waals surface area contributed by atoms with Crippen LogP contribution < -0.4 is 5.32 Å². The van der Waals surface area contributed by atoms with Gasteiger partial charge in [0.1, 0.15) is 5.82 Å². The Bertz CT molecular complexity index is 380. The Morgan fingerprint density at radius 3 is 2.88 bits per heavy atom. The summed E-state index contributed by atoms with van der Waals surface area (Å²) in [7, 11) is 0. The van der Waals surface area contributed by atoms with E-state index < -0.39 is 0 Å². The second-order valence-electron chi connectivity index (χ2n) is 4.47. The van der Waals surface area contributed by atoms with Crippen molar-refractivity contribution in [3.05, 3.63) is 41.2 Å². The molecule has 0 amide bonds. The van der Waals surface area contributed by atoms with Crippen LogP contribution >= 0.6 is 0 Å². The first-order valence-electron chi connectivity index (χ1n) is 5.98. The second kappa shape index (κ2) is 5.94. The van der Waals surface area contributed by atoms with Crippen LogP contribution in [-0.4, -0.2) is 25.8 Å². The highest BCUT2D eigenvalue weighted by Crippen LogP contribution is 2.13. The predicted molar refractivity (Wildman–Crippen MR) is 67.3 cm³/mol. The summed E-state index contributed by atoms with van der Waals surface area (Å²) in [5, 5.41) is 3.42. The number of benzene rings is 1. The predicted octanol–water partition coefficient (Wildman–Crippen LogP) is 2.61. The van der Waals surface area contributed by atoms with Crippen molar-refractivity contribution in [2.45, 2.75) is 19.4 Å². The maximum absolute atomic E-state index is 12.7. The summed E-state index contributed by atoms with van der Waals surface area (Å²) in [6, 6.07) is 6.97. The van der Waals surface area contributed by atoms with Gasteiger partial charge >= 0.3 is 0 Å². The van der Waals surface area contributed by atoms with Crippen molar-refractivity contribution in [1.29, 1.82) is 0 Å². The summed E-state index contributed by atoms with van der Waals surface area (Å²) < 4.78 is 18.2. The minimum atomic E-state index is -0.192. The minimum absolute atomic E-state index is 0.192. The van der Waals surface area contributed by atoms with Crippen LogP contribution in [0.3, 0.4) is 0 Å². The van der Waals surface area contributed by atoms with Crippen LogP contribution in [0, 0.1) is 5.82 Å². The third kappa shape index (κ3) is 3.95. The summed E-state index contributed by atoms with van der Waals surface area (Å²) in [6.45, 7) is 4.60. The zero-order valence-corrected chi connectivity index (χ0v) is 10.1. The van der Waals surface area contributed by atoms with Crippen LogP contribution in [0.5, 0.6) is 0 Å². The van der Waals surface area contributed by atoms with E-state index in [1.165, 1.54) is 17.7 Å². The maximum atomic E-state index is 12.7. The Morgan fingerprint density at radius 2 is 2.24 bits per heavy atom. The van der Waals surface area contributed by atoms with E-state index in [9.17, 15) is 4.39 Å². The van der Waals surface area contributed by atoms with Gasteiger partial charge in [-0.2, -0.15) is 0 Å². The molecule has 2 rings (SSSR count). The van der Waals surface area contributed by atoms with E-state index >= 15 is 0 Å². The Hall–Kier alpha value is -1.19. The summed E-state index contributed by atoms with van der Waals surface area (Å²) in [5.41, 5.74) is 2.32. The topological polar surface area (TPSA) is 21.3 Å². The standard InChI is InChI=1S/C14H18FNO/c1-11(9-14-10-17-7-6-16-14)8-12-2-4-13(15)5-3-12/h2-5,8,14,16H,6-7,9-10H2,1H3/b11-8-. The molecule has 92 valence electrons. The molecule has 17 heavy (non-hydrogen) atoms. The molecule has 1 aliphatic rings. The molecule has 0 radical (unpaired) electrons. The van der Waals surface area contributed by atoms with Crippen molar-refractivity contribution in [2.24, 2.45) is 0 Å². The highest BCUT2D eigenvalue weighted by Gasteiger charge is 2.12. The van der Waals surface area contributed by atoms with Gasteiger partial charge in [0.25, 0.3) is 0 Å². The number of hydrogen-bond donors (Lipinski definition) is 1. The molecule has 0 spiro atoms. The molecule has 0 aliphatic carbocycles. The zero-order chi connectivity index (χ0) is 12.1. The quantitative estimate of drug-likeness (QED) is 0.869. The molecule has 1 atom stereocenters. The van der Waals surface area contributed by atoms with E-state index in [0.29, 0.717) is 6.04 Å². The molecule has 1 saturated heterocycles. The van der Waals surface area contributed by atoms with E-state index in [1.54, 1.807) is 12.1 Å². The first kappa shape index (κ1) is 12.3. The van der Waals surface area contributed by atoms with Gasteiger partial charge in [-0.15, -0.1) is 0 Å². The Morgan fingerprint density at radius 1 is 1.47 bits per heavy atom. The Balaban J connectivity index is 1.93. The SMILES string of the molecule is C/C(=C/c1ccc(F)cc1)CC1COCCN1. The number of ether oxygens (including phenoxy) is 1. The third-order valence-corrected chi connectivity index (χ3v) is 2.85. The molecule has 1 aromatic rings. The lowest BCUT2D eigenvalue weighted by atomic mass is 10.0. The highest BCUT2D eigenvalue weighted by molar-refractivity contribution is 5.52. The summed E-state index contributed by atoms with van der Waals surface area (Å²) in [5.74, 6) is -0.192. The fourth-order valence-corrected chi connectivity index (χ4v) is 2.04. The average molecular weight is 235 g/mol. The normalized spacial score (nSPS) is 21.5. The molecule has 1 fully saturated rings. The molecular formula is C14H18FNO. The van der Waals surface area contributed by atoms with Crippen molar-refractivity contribution in [2.75, 3.05) is 19.8 Å². The van der Waals surface area contributed by atoms with Crippen molar-refractivity contribution in [3.8, 4) is 0 Å². The van der Waals surface area contributed by atoms with Crippen LogP contribution in [0.4, 0.5) is 4.39 Å². The molecule has 2 nitrogen and oxygen atoms in total. The maximum Gasteiger partial charge on any atom is 0.123 e. The van der Waals surface area contributed by atoms with E-state index in [-0.39, 0.29) is 5.82 Å². The van der Waals surface area contributed by atoms with Gasteiger partial charge in [-0.1, -0.05) is 23.8 Å². The van der Waals surface area contributed by atoms with Gasteiger partial charge in [0, 0.05) is 12.6 Å². The number of morpholine rings is 1. The Kier molecular flexibility index (Phi) is 4.29. The molecule has 1 unspecified atom stereocenters. The lowest BCUT2D eigenvalue weighted by Crippen LogP contribution is -2.41. The fraction of sp³-hybridized carbons (Fsp3) is 0.429. The first-order chi connectivity index (χ1) is 8.24. The largest absolute Gasteiger partial charge is 0.379 e. The van der Waals surface area contributed by atoms with Crippen LogP contribution in [0.15, 0.2) is 29.8 Å². The van der Waals surface area contributed by atoms with Crippen molar-refractivity contribution in [3.63, 3.8) is 0 Å². The number of halogens is 1. The van der Waals surface area contributed by atoms with Gasteiger partial charge in [-0.3, -0.25) is 0 Å². The highest BCUT2D eigenvalue weighted by atomic mass is 19.1. The molecular weight excluding hydrogens is 217 g/mol. The minimum Gasteiger partial charge on any atom is -0.379 e. The smallest absolute Gasteiger partial charge is 0.123 e. The van der Waals surface area contributed by atoms with Gasteiger partial charge in [-0.05, 0) is 31.0 Å². The lowest BCUT2D eigenvalue weighted by Gasteiger charge is -2.24. The fourth-order valence-electron chi connectivity index (χ4n) is 2.04. The zero-order valence-electron chi connectivity index (χ0n) is 10.1. The van der Waals surface area contributed by atoms with E-state index in [4.69, 9.17) is 4.74 Å². The van der Waals surface area contributed by atoms with Crippen molar-refractivity contribution in [1.82, 2.24) is 5.32 Å². The van der Waals surface area contributed by atoms with Gasteiger partial charge in [-0.25, -0.2) is 4.39 Å². The summed E-state index contributed by atoms with van der Waals surface area (Å²) in [6.07, 6.45) is 3.06. The van der Waals surface area contributed by atoms with Crippen LogP contribution in [0.2, 0.25) is 0 Å². The molecule has 1 heterocycles. The van der Waals surface area contributed by atoms with E-state index in [1.807, 2.05) is 0 Å². The second-order valence-corrected chi connectivity index (χ2v) is 4.47. The van der Waals surface area contributed by atoms with Gasteiger partial charge in [0.15, 0.2) is 0 Å². The lowest BCUT2D eigenvalue weighted by molar-refractivity contribution is 0.0771. The van der Waals surface area contributed by atoms with Gasteiger partial charge in [0.2, 0.25) is 0 Å². The molecule has 3 heteroatoms. The van der Waals surface area contributed by atoms with Crippen molar-refractivity contribution >= 4 is 6.08 Å². The van der Waals surface area contributed by atoms with Gasteiger partial charge in [0.05, 0.1) is 13.2 Å². The monoisotopic (exact) mass is 235 g/mol. The van der Waals surface area contributed by atoms with Gasteiger partial charge < -0.3 is 10.1 Å². The molecule has 1 aliphatic heterocycles. The van der Waals surface area contributed by atoms with Crippen LogP contribution in [-0.2, 0) is 4.74 Å². The molecule has 0 aromatic heterocycles. The molecule has 0 bridgehead atoms. The summed E-state index contributed by atoms with van der Waals surface area (Å²) in [4.78, 5) is 0. The van der Waals surface area contributed by atoms with E-state index in [0.717, 1.165) is 31.7 Å². The third-order valence-electron chi connectivity index (χ3n) is 2.85. The van der Waals surface area contributed by atoms with Crippen LogP contribution in [0.1, 0.15) is 18.9 Å². The summed E-state index contributed by atoms with van der Waals surface area (Å²) >= 11 is 0. The Labute approximate surface area is 101 Å². The van der Waals surface area contributed by atoms with Crippen molar-refractivity contribution < 1.29 is 9.13 Å². The first-order valence-corrected chi connectivity index (χ1v) is 5.98. The van der Waals surface area contributed by atoms with Crippen LogP contribution in [0.25, 0.3) is 6.08 Å². The molecule has 0 saturated carbocycles.